The number of methoxy groups -OCH3 is 2. The van der Waals surface area contributed by atoms with E-state index in [9.17, 15) is 4.79 Å². The van der Waals surface area contributed by atoms with Gasteiger partial charge in [0, 0.05) is 6.54 Å². The molecular formula is C12H17NO5. The lowest BCUT2D eigenvalue weighted by Gasteiger charge is -2.11. The number of hydrogen-bond donors (Lipinski definition) is 2. The van der Waals surface area contributed by atoms with Crippen LogP contribution in [-0.2, 0) is 4.74 Å². The lowest BCUT2D eigenvalue weighted by atomic mass is 10.2. The zero-order chi connectivity index (χ0) is 13.4. The van der Waals surface area contributed by atoms with Crippen LogP contribution in [0.4, 0.5) is 0 Å². The van der Waals surface area contributed by atoms with Crippen LogP contribution in [0, 0.1) is 0 Å². The van der Waals surface area contributed by atoms with E-state index < -0.39 is 5.97 Å². The fourth-order valence-corrected chi connectivity index (χ4v) is 1.34. The van der Waals surface area contributed by atoms with Crippen LogP contribution in [0.2, 0.25) is 0 Å². The molecule has 0 saturated carbocycles. The molecule has 0 aliphatic rings. The predicted octanol–water partition coefficient (Wildman–Crippen LogP) is 0.400. The molecule has 18 heavy (non-hydrogen) atoms. The van der Waals surface area contributed by atoms with E-state index in [1.807, 2.05) is 0 Å². The highest BCUT2D eigenvalue weighted by Crippen LogP contribution is 2.28. The van der Waals surface area contributed by atoms with Crippen LogP contribution in [0.3, 0.4) is 0 Å². The number of carbonyl (C=O) groups is 1. The van der Waals surface area contributed by atoms with Gasteiger partial charge in [0.2, 0.25) is 0 Å². The molecule has 0 atom stereocenters. The van der Waals surface area contributed by atoms with Gasteiger partial charge in [0.05, 0.1) is 26.5 Å². The van der Waals surface area contributed by atoms with Gasteiger partial charge in [-0.1, -0.05) is 0 Å². The summed E-state index contributed by atoms with van der Waals surface area (Å²) in [5.74, 6) is 0.564. The molecular weight excluding hydrogens is 238 g/mol. The highest BCUT2D eigenvalue weighted by atomic mass is 16.5. The molecule has 0 amide bonds. The second kappa shape index (κ2) is 7.52. The topological polar surface area (TPSA) is 77.0 Å². The van der Waals surface area contributed by atoms with Crippen molar-refractivity contribution in [2.24, 2.45) is 0 Å². The molecule has 1 rings (SSSR count). The Morgan fingerprint density at radius 2 is 2.11 bits per heavy atom. The molecule has 0 bridgehead atoms. The standard InChI is InChI=1S/C12H17NO5/c1-16-11-7-9(12(15)17-2)3-4-10(11)18-6-5-13-8-14/h3-4,7,13-14H,5-6,8H2,1-2H3. The molecule has 0 spiro atoms. The van der Waals surface area contributed by atoms with E-state index in [1.165, 1.54) is 14.2 Å². The average Bonchev–Trinajstić information content (AvgIpc) is 2.42. The molecule has 1 aromatic carbocycles. The van der Waals surface area contributed by atoms with Crippen molar-refractivity contribution in [1.82, 2.24) is 5.32 Å². The normalized spacial score (nSPS) is 9.94. The zero-order valence-corrected chi connectivity index (χ0v) is 10.4. The first kappa shape index (κ1) is 14.3. The van der Waals surface area contributed by atoms with Crippen LogP contribution in [0.5, 0.6) is 11.5 Å². The minimum Gasteiger partial charge on any atom is -0.493 e. The molecule has 0 radical (unpaired) electrons. The van der Waals surface area contributed by atoms with Gasteiger partial charge in [-0.15, -0.1) is 0 Å². The van der Waals surface area contributed by atoms with Gasteiger partial charge < -0.3 is 19.3 Å². The smallest absolute Gasteiger partial charge is 0.337 e. The number of nitrogens with one attached hydrogen (secondary N) is 1. The summed E-state index contributed by atoms with van der Waals surface area (Å²) >= 11 is 0. The van der Waals surface area contributed by atoms with Gasteiger partial charge in [-0.3, -0.25) is 5.32 Å². The van der Waals surface area contributed by atoms with Crippen molar-refractivity contribution in [1.29, 1.82) is 0 Å². The molecule has 0 fully saturated rings. The van der Waals surface area contributed by atoms with E-state index in [2.05, 4.69) is 10.1 Å². The van der Waals surface area contributed by atoms with Crippen LogP contribution >= 0.6 is 0 Å². The highest BCUT2D eigenvalue weighted by Gasteiger charge is 2.11. The Morgan fingerprint density at radius 1 is 1.33 bits per heavy atom. The number of esters is 1. The largest absolute Gasteiger partial charge is 0.493 e. The molecule has 6 heteroatoms. The lowest BCUT2D eigenvalue weighted by molar-refractivity contribution is 0.0600. The van der Waals surface area contributed by atoms with Crippen molar-refractivity contribution in [3.05, 3.63) is 23.8 Å². The van der Waals surface area contributed by atoms with Crippen LogP contribution < -0.4 is 14.8 Å². The first-order valence-corrected chi connectivity index (χ1v) is 5.43. The summed E-state index contributed by atoms with van der Waals surface area (Å²) in [6, 6.07) is 4.80. The summed E-state index contributed by atoms with van der Waals surface area (Å²) in [6.07, 6.45) is 0. The second-order valence-electron chi connectivity index (χ2n) is 3.36. The summed E-state index contributed by atoms with van der Waals surface area (Å²) < 4.78 is 15.2. The lowest BCUT2D eigenvalue weighted by Crippen LogP contribution is -2.21. The minimum absolute atomic E-state index is 0.0955. The molecule has 0 aromatic heterocycles. The number of aliphatic hydroxyl groups is 1. The molecule has 6 nitrogen and oxygen atoms in total. The zero-order valence-electron chi connectivity index (χ0n) is 10.4. The van der Waals surface area contributed by atoms with Crippen LogP contribution in [-0.4, -0.2) is 45.2 Å². The Balaban J connectivity index is 2.71. The van der Waals surface area contributed by atoms with E-state index in [1.54, 1.807) is 18.2 Å². The predicted molar refractivity (Wildman–Crippen MR) is 64.9 cm³/mol. The maximum atomic E-state index is 11.3. The number of rotatable bonds is 7. The molecule has 100 valence electrons. The molecule has 0 unspecified atom stereocenters. The summed E-state index contributed by atoms with van der Waals surface area (Å²) in [5.41, 5.74) is 0.398. The fourth-order valence-electron chi connectivity index (χ4n) is 1.34. The molecule has 0 aliphatic carbocycles. The summed E-state index contributed by atoms with van der Waals surface area (Å²) in [6.45, 7) is 0.800. The monoisotopic (exact) mass is 255 g/mol. The Morgan fingerprint density at radius 3 is 2.72 bits per heavy atom. The van der Waals surface area contributed by atoms with E-state index in [4.69, 9.17) is 14.6 Å². The number of ether oxygens (including phenoxy) is 3. The van der Waals surface area contributed by atoms with E-state index in [-0.39, 0.29) is 6.73 Å². The van der Waals surface area contributed by atoms with Gasteiger partial charge in [-0.25, -0.2) is 4.79 Å². The first-order chi connectivity index (χ1) is 8.72. The summed E-state index contributed by atoms with van der Waals surface area (Å²) in [4.78, 5) is 11.3. The third kappa shape index (κ3) is 3.90. The van der Waals surface area contributed by atoms with E-state index >= 15 is 0 Å². The van der Waals surface area contributed by atoms with Crippen molar-refractivity contribution in [2.75, 3.05) is 34.1 Å². The minimum atomic E-state index is -0.429. The molecule has 0 saturated heterocycles. The quantitative estimate of drug-likeness (QED) is 0.417. The first-order valence-electron chi connectivity index (χ1n) is 5.43. The fraction of sp³-hybridized carbons (Fsp3) is 0.417. The van der Waals surface area contributed by atoms with Crippen LogP contribution in [0.25, 0.3) is 0 Å². The van der Waals surface area contributed by atoms with Gasteiger partial charge >= 0.3 is 5.97 Å². The van der Waals surface area contributed by atoms with Crippen molar-refractivity contribution in [3.63, 3.8) is 0 Å². The average molecular weight is 255 g/mol. The van der Waals surface area contributed by atoms with Crippen LogP contribution in [0.1, 0.15) is 10.4 Å². The Bertz CT molecular complexity index is 394. The Kier molecular flexibility index (Phi) is 5.96. The molecule has 2 N–H and O–H groups in total. The third-order valence-electron chi connectivity index (χ3n) is 2.23. The molecule has 0 aliphatic heterocycles. The van der Waals surface area contributed by atoms with E-state index in [0.29, 0.717) is 30.2 Å². The second-order valence-corrected chi connectivity index (χ2v) is 3.36. The van der Waals surface area contributed by atoms with Crippen molar-refractivity contribution in [2.45, 2.75) is 0 Å². The Hall–Kier alpha value is -1.79. The van der Waals surface area contributed by atoms with Gasteiger partial charge in [0.25, 0.3) is 0 Å². The number of hydrogen-bond acceptors (Lipinski definition) is 6. The van der Waals surface area contributed by atoms with Gasteiger partial charge in [-0.05, 0) is 18.2 Å². The Labute approximate surface area is 105 Å². The maximum Gasteiger partial charge on any atom is 0.337 e. The molecule has 0 heterocycles. The van der Waals surface area contributed by atoms with Crippen molar-refractivity contribution >= 4 is 5.97 Å². The summed E-state index contributed by atoms with van der Waals surface area (Å²) in [7, 11) is 2.81. The maximum absolute atomic E-state index is 11.3. The highest BCUT2D eigenvalue weighted by molar-refractivity contribution is 5.90. The van der Waals surface area contributed by atoms with Gasteiger partial charge in [0.15, 0.2) is 11.5 Å². The summed E-state index contributed by atoms with van der Waals surface area (Å²) in [5, 5.41) is 11.3. The van der Waals surface area contributed by atoms with E-state index in [0.717, 1.165) is 0 Å². The number of carbonyl (C=O) groups excluding carboxylic acids is 1. The SMILES string of the molecule is COC(=O)c1ccc(OCCNCO)c(OC)c1. The number of benzene rings is 1. The van der Waals surface area contributed by atoms with Gasteiger partial charge in [-0.2, -0.15) is 0 Å². The van der Waals surface area contributed by atoms with Crippen molar-refractivity contribution < 1.29 is 24.1 Å². The third-order valence-corrected chi connectivity index (χ3v) is 2.23. The molecule has 1 aromatic rings. The van der Waals surface area contributed by atoms with Crippen LogP contribution in [0.15, 0.2) is 18.2 Å². The van der Waals surface area contributed by atoms with Gasteiger partial charge in [0.1, 0.15) is 6.61 Å². The van der Waals surface area contributed by atoms with Crippen molar-refractivity contribution in [3.8, 4) is 11.5 Å². The number of aliphatic hydroxyl groups excluding tert-OH is 1.